The summed E-state index contributed by atoms with van der Waals surface area (Å²) in [5.74, 6) is 0. The summed E-state index contributed by atoms with van der Waals surface area (Å²) in [6.07, 6.45) is 0. The highest BCUT2D eigenvalue weighted by atomic mass is 35.5. The Hall–Kier alpha value is 0.130. The molecule has 0 saturated heterocycles. The molecular formula is C3H7ClFNO2S. The molecule has 0 unspecified atom stereocenters. The lowest BCUT2D eigenvalue weighted by Gasteiger charge is -2.05. The molecule has 0 atom stereocenters. The number of halogens is 2. The first-order chi connectivity index (χ1) is 4.04. The number of alkyl halides is 1. The van der Waals surface area contributed by atoms with Crippen molar-refractivity contribution in [1.82, 2.24) is 4.53 Å². The zero-order valence-corrected chi connectivity index (χ0v) is 6.41. The second kappa shape index (κ2) is 3.34. The summed E-state index contributed by atoms with van der Waals surface area (Å²) >= 11 is 4.90. The maximum Gasteiger partial charge on any atom is 0.254 e. The van der Waals surface area contributed by atoms with Crippen LogP contribution in [0.2, 0.25) is 0 Å². The second-order valence-corrected chi connectivity index (χ2v) is 3.76. The van der Waals surface area contributed by atoms with Crippen LogP contribution in [0.25, 0.3) is 0 Å². The molecule has 0 saturated carbocycles. The van der Waals surface area contributed by atoms with E-state index in [1.54, 1.807) is 0 Å². The molecule has 0 aliphatic heterocycles. The first-order valence-electron chi connectivity index (χ1n) is 2.26. The molecule has 0 bridgehead atoms. The van der Waals surface area contributed by atoms with Crippen molar-refractivity contribution in [3.63, 3.8) is 0 Å². The zero-order chi connectivity index (χ0) is 7.49. The van der Waals surface area contributed by atoms with E-state index in [4.69, 9.17) is 11.6 Å². The summed E-state index contributed by atoms with van der Waals surface area (Å²) < 4.78 is 32.5. The molecule has 0 aliphatic rings. The van der Waals surface area contributed by atoms with Crippen LogP contribution in [0.3, 0.4) is 0 Å². The van der Waals surface area contributed by atoms with Gasteiger partial charge in [-0.05, 0) is 11.5 Å². The van der Waals surface area contributed by atoms with Crippen LogP contribution in [0.5, 0.6) is 0 Å². The predicted octanol–water partition coefficient (Wildman–Crippen LogP) is 0.719. The van der Waals surface area contributed by atoms with E-state index in [2.05, 4.69) is 0 Å². The Morgan fingerprint density at radius 3 is 2.22 bits per heavy atom. The van der Waals surface area contributed by atoms with Crippen molar-refractivity contribution in [2.75, 3.05) is 11.8 Å². The monoisotopic (exact) mass is 175 g/mol. The SMILES string of the molecule is CCN(F)S(=O)(=O)CCl. The minimum absolute atomic E-state index is 0.199. The Morgan fingerprint density at radius 1 is 1.67 bits per heavy atom. The molecule has 0 heterocycles. The maximum atomic E-state index is 12.1. The largest absolute Gasteiger partial charge is 0.254 e. The third-order valence-corrected chi connectivity index (χ3v) is 2.65. The van der Waals surface area contributed by atoms with Crippen LogP contribution in [0.15, 0.2) is 0 Å². The van der Waals surface area contributed by atoms with Gasteiger partial charge >= 0.3 is 0 Å². The number of nitrogens with zero attached hydrogens (tertiary/aromatic N) is 1. The Kier molecular flexibility index (Phi) is 3.38. The third-order valence-electron chi connectivity index (χ3n) is 0.688. The fourth-order valence-corrected chi connectivity index (χ4v) is 1.07. The average molecular weight is 176 g/mol. The van der Waals surface area contributed by atoms with Gasteiger partial charge < -0.3 is 0 Å². The molecule has 0 N–H and O–H groups in total. The van der Waals surface area contributed by atoms with E-state index < -0.39 is 15.2 Å². The van der Waals surface area contributed by atoms with Gasteiger partial charge in [-0.3, -0.25) is 0 Å². The molecule has 0 amide bonds. The van der Waals surface area contributed by atoms with Gasteiger partial charge in [0.25, 0.3) is 10.0 Å². The number of sulfonamides is 1. The van der Waals surface area contributed by atoms with Crippen molar-refractivity contribution in [3.05, 3.63) is 0 Å². The van der Waals surface area contributed by atoms with Gasteiger partial charge in [0.1, 0.15) is 5.21 Å². The second-order valence-electron chi connectivity index (χ2n) is 1.32. The van der Waals surface area contributed by atoms with Crippen LogP contribution >= 0.6 is 11.6 Å². The van der Waals surface area contributed by atoms with Gasteiger partial charge in [-0.1, -0.05) is 0 Å². The average Bonchev–Trinajstić information content (AvgIpc) is 1.86. The van der Waals surface area contributed by atoms with E-state index in [1.807, 2.05) is 0 Å². The van der Waals surface area contributed by atoms with E-state index in [9.17, 15) is 12.9 Å². The maximum absolute atomic E-state index is 12.1. The molecule has 0 aromatic rings. The lowest BCUT2D eigenvalue weighted by molar-refractivity contribution is 0.148. The molecule has 0 fully saturated rings. The molecule has 0 aromatic carbocycles. The van der Waals surface area contributed by atoms with E-state index in [0.717, 1.165) is 0 Å². The Balaban J connectivity index is 4.17. The van der Waals surface area contributed by atoms with Gasteiger partial charge in [0.2, 0.25) is 0 Å². The lowest BCUT2D eigenvalue weighted by Crippen LogP contribution is -2.23. The van der Waals surface area contributed by atoms with E-state index >= 15 is 0 Å². The van der Waals surface area contributed by atoms with Crippen LogP contribution in [0.1, 0.15) is 6.92 Å². The lowest BCUT2D eigenvalue weighted by atomic mass is 10.8. The van der Waals surface area contributed by atoms with E-state index in [0.29, 0.717) is 0 Å². The molecule has 6 heteroatoms. The van der Waals surface area contributed by atoms with E-state index in [1.165, 1.54) is 6.92 Å². The van der Waals surface area contributed by atoms with Crippen molar-refractivity contribution < 1.29 is 12.9 Å². The zero-order valence-electron chi connectivity index (χ0n) is 4.84. The van der Waals surface area contributed by atoms with Gasteiger partial charge in [-0.2, -0.15) is 0 Å². The highest BCUT2D eigenvalue weighted by Gasteiger charge is 2.17. The van der Waals surface area contributed by atoms with Crippen molar-refractivity contribution in [1.29, 1.82) is 0 Å². The fraction of sp³-hybridized carbons (Fsp3) is 1.00. The fourth-order valence-electron chi connectivity index (χ4n) is 0.250. The van der Waals surface area contributed by atoms with Crippen LogP contribution in [-0.2, 0) is 10.0 Å². The van der Waals surface area contributed by atoms with Gasteiger partial charge in [0.15, 0.2) is 0 Å². The van der Waals surface area contributed by atoms with Gasteiger partial charge in [-0.15, -0.1) is 16.1 Å². The van der Waals surface area contributed by atoms with Crippen molar-refractivity contribution in [3.8, 4) is 0 Å². The molecule has 56 valence electrons. The molecular weight excluding hydrogens is 169 g/mol. The molecule has 0 aliphatic carbocycles. The van der Waals surface area contributed by atoms with Crippen molar-refractivity contribution >= 4 is 21.6 Å². The first-order valence-corrected chi connectivity index (χ1v) is 4.41. The quantitative estimate of drug-likeness (QED) is 0.468. The Morgan fingerprint density at radius 2 is 2.11 bits per heavy atom. The first kappa shape index (κ1) is 9.13. The Labute approximate surface area is 58.4 Å². The summed E-state index contributed by atoms with van der Waals surface area (Å²) in [6, 6.07) is 0. The summed E-state index contributed by atoms with van der Waals surface area (Å²) in [6.45, 7) is 1.18. The summed E-state index contributed by atoms with van der Waals surface area (Å²) in [7, 11) is -3.82. The Bertz CT molecular complexity index is 169. The van der Waals surface area contributed by atoms with Gasteiger partial charge in [0.05, 0.1) is 0 Å². The molecule has 3 nitrogen and oxygen atoms in total. The summed E-state index contributed by atoms with van der Waals surface area (Å²) in [4.78, 5) is 0. The van der Waals surface area contributed by atoms with Crippen LogP contribution < -0.4 is 0 Å². The number of hydrogen-bond acceptors (Lipinski definition) is 2. The van der Waals surface area contributed by atoms with Gasteiger partial charge in [0, 0.05) is 6.54 Å². The van der Waals surface area contributed by atoms with Crippen LogP contribution in [0, 0.1) is 0 Å². The predicted molar refractivity (Wildman–Crippen MR) is 33.1 cm³/mol. The summed E-state index contributed by atoms with van der Waals surface area (Å²) in [5, 5.41) is -0.711. The molecule has 0 spiro atoms. The van der Waals surface area contributed by atoms with Crippen molar-refractivity contribution in [2.24, 2.45) is 0 Å². The minimum Gasteiger partial charge on any atom is -0.209 e. The molecule has 0 aromatic heterocycles. The number of rotatable bonds is 3. The van der Waals surface area contributed by atoms with E-state index in [-0.39, 0.29) is 11.1 Å². The summed E-state index contributed by atoms with van der Waals surface area (Å²) in [5.41, 5.74) is 0. The highest BCUT2D eigenvalue weighted by molar-refractivity contribution is 7.90. The molecule has 9 heavy (non-hydrogen) atoms. The van der Waals surface area contributed by atoms with Crippen LogP contribution in [0.4, 0.5) is 4.48 Å². The normalized spacial score (nSPS) is 12.4. The third kappa shape index (κ3) is 2.47. The smallest absolute Gasteiger partial charge is 0.209 e. The highest BCUT2D eigenvalue weighted by Crippen LogP contribution is 2.02. The minimum atomic E-state index is -3.82. The molecule has 0 radical (unpaired) electrons. The number of hydrogen-bond donors (Lipinski definition) is 0. The topological polar surface area (TPSA) is 37.4 Å². The molecule has 0 rings (SSSR count). The van der Waals surface area contributed by atoms with Gasteiger partial charge in [-0.25, -0.2) is 8.42 Å². The van der Waals surface area contributed by atoms with Crippen LogP contribution in [-0.4, -0.2) is 24.7 Å². The standard InChI is InChI=1S/C3H7ClFNO2S/c1-2-6(5)9(7,8)3-4/h2-3H2,1H3. The van der Waals surface area contributed by atoms with Crippen molar-refractivity contribution in [2.45, 2.75) is 6.92 Å².